The number of carboxylic acids is 1. The van der Waals surface area contributed by atoms with Gasteiger partial charge in [0.15, 0.2) is 0 Å². The topological polar surface area (TPSA) is 95.4 Å². The van der Waals surface area contributed by atoms with Gasteiger partial charge in [0.05, 0.1) is 19.8 Å². The van der Waals surface area contributed by atoms with E-state index in [0.29, 0.717) is 19.8 Å². The third kappa shape index (κ3) is 6.13. The molecule has 31 heavy (non-hydrogen) atoms. The highest BCUT2D eigenvalue weighted by Crippen LogP contribution is 2.32. The maximum absolute atomic E-state index is 12.6. The molecule has 1 aromatic rings. The van der Waals surface area contributed by atoms with Crippen molar-refractivity contribution in [2.75, 3.05) is 46.4 Å². The van der Waals surface area contributed by atoms with E-state index in [1.54, 1.807) is 11.3 Å². The molecule has 1 unspecified atom stereocenters. The van der Waals surface area contributed by atoms with Crippen LogP contribution >= 0.6 is 11.3 Å². The van der Waals surface area contributed by atoms with Gasteiger partial charge in [-0.25, -0.2) is 14.8 Å². The number of thiazole rings is 1. The van der Waals surface area contributed by atoms with Crippen LogP contribution < -0.4 is 0 Å². The maximum Gasteiger partial charge on any atom is 0.490 e. The zero-order chi connectivity index (χ0) is 22.6. The van der Waals surface area contributed by atoms with Crippen molar-refractivity contribution in [3.8, 4) is 0 Å². The van der Waals surface area contributed by atoms with E-state index in [9.17, 15) is 18.0 Å². The summed E-state index contributed by atoms with van der Waals surface area (Å²) < 4.78 is 37.9. The van der Waals surface area contributed by atoms with Crippen molar-refractivity contribution in [1.29, 1.82) is 0 Å². The molecule has 3 aliphatic heterocycles. The quantitative estimate of drug-likeness (QED) is 0.711. The number of halogens is 3. The number of carboxylic acid groups (broad SMARTS) is 1. The number of aliphatic carboxylic acids is 1. The van der Waals surface area contributed by atoms with Crippen LogP contribution in [0, 0.1) is 0 Å². The first-order valence-corrected chi connectivity index (χ1v) is 10.7. The fourth-order valence-electron chi connectivity index (χ4n) is 3.78. The first-order chi connectivity index (χ1) is 14.6. The molecule has 13 heteroatoms. The Bertz CT molecular complexity index is 752. The number of alkyl halides is 3. The average molecular weight is 466 g/mol. The second-order valence-electron chi connectivity index (χ2n) is 7.78. The minimum absolute atomic E-state index is 0.0333. The van der Waals surface area contributed by atoms with Crippen LogP contribution in [0.4, 0.5) is 13.2 Å². The van der Waals surface area contributed by atoms with Crippen molar-refractivity contribution >= 4 is 23.2 Å². The van der Waals surface area contributed by atoms with Crippen LogP contribution in [0.25, 0.3) is 0 Å². The lowest BCUT2D eigenvalue weighted by molar-refractivity contribution is -0.224. The van der Waals surface area contributed by atoms with E-state index >= 15 is 0 Å². The molecule has 1 atom stereocenters. The number of likely N-dealkylation sites (N-methyl/N-ethyl adjacent to an activating group) is 1. The molecule has 1 spiro atoms. The number of likely N-dealkylation sites (tertiary alicyclic amines) is 1. The number of amides is 1. The Kier molecular flexibility index (Phi) is 7.52. The van der Waals surface area contributed by atoms with Gasteiger partial charge >= 0.3 is 12.1 Å². The van der Waals surface area contributed by atoms with Crippen molar-refractivity contribution in [3.05, 3.63) is 16.6 Å². The fraction of sp³-hybridized carbons (Fsp3) is 0.722. The Balaban J connectivity index is 0.000000339. The van der Waals surface area contributed by atoms with Gasteiger partial charge in [0.1, 0.15) is 16.7 Å². The zero-order valence-corrected chi connectivity index (χ0v) is 17.8. The average Bonchev–Trinajstić information content (AvgIpc) is 3.20. The lowest BCUT2D eigenvalue weighted by atomic mass is 9.90. The van der Waals surface area contributed by atoms with Crippen LogP contribution in [-0.4, -0.2) is 101 Å². The molecule has 0 saturated carbocycles. The van der Waals surface area contributed by atoms with E-state index < -0.39 is 12.1 Å². The molecular formula is C18H25F3N4O5S. The summed E-state index contributed by atoms with van der Waals surface area (Å²) in [7, 11) is 2.01. The molecule has 1 aromatic heterocycles. The number of nitrogens with zero attached hydrogens (tertiary/aromatic N) is 4. The smallest absolute Gasteiger partial charge is 0.475 e. The predicted molar refractivity (Wildman–Crippen MR) is 103 cm³/mol. The van der Waals surface area contributed by atoms with E-state index in [-0.39, 0.29) is 17.6 Å². The van der Waals surface area contributed by atoms with Crippen LogP contribution in [0.1, 0.15) is 17.8 Å². The number of hydrogen-bond donors (Lipinski definition) is 1. The molecule has 4 rings (SSSR count). The number of aromatic nitrogens is 1. The predicted octanol–water partition coefficient (Wildman–Crippen LogP) is 1.22. The molecule has 3 aliphatic rings. The number of morpholine rings is 1. The van der Waals surface area contributed by atoms with Crippen molar-refractivity contribution < 1.29 is 37.4 Å². The number of rotatable bonds is 3. The molecule has 1 N–H and O–H groups in total. The molecule has 0 aliphatic carbocycles. The van der Waals surface area contributed by atoms with Crippen molar-refractivity contribution in [1.82, 2.24) is 19.8 Å². The molecule has 0 aromatic carbocycles. The Morgan fingerprint density at radius 1 is 1.32 bits per heavy atom. The van der Waals surface area contributed by atoms with Gasteiger partial charge in [-0.2, -0.15) is 13.2 Å². The normalized spacial score (nSPS) is 24.3. The molecule has 1 amide bonds. The SMILES string of the molecule is CN1CC2(CN(Cc3nccs3)C2)OCC1C(=O)N1CCCCO1.O=C(O)C(F)(F)F. The van der Waals surface area contributed by atoms with Crippen LogP contribution in [0.3, 0.4) is 0 Å². The Hall–Kier alpha value is -1.80. The number of hydrogen-bond acceptors (Lipinski definition) is 8. The maximum atomic E-state index is 12.6. The van der Waals surface area contributed by atoms with Gasteiger partial charge in [-0.1, -0.05) is 0 Å². The molecule has 3 saturated heterocycles. The van der Waals surface area contributed by atoms with Crippen molar-refractivity contribution in [2.24, 2.45) is 0 Å². The Labute approximate surface area is 181 Å². The standard InChI is InChI=1S/C16H24N4O3S.C2HF3O2/c1-18-10-16(11-19(12-16)8-14-17-4-7-24-14)22-9-13(18)15(21)20-5-2-3-6-23-20;3-2(4,5)1(6)7/h4,7,13H,2-3,5-6,8-12H2,1H3;(H,6,7). The Morgan fingerprint density at radius 2 is 2.03 bits per heavy atom. The fourth-order valence-corrected chi connectivity index (χ4v) is 4.44. The van der Waals surface area contributed by atoms with Gasteiger partial charge < -0.3 is 9.84 Å². The minimum Gasteiger partial charge on any atom is -0.475 e. The summed E-state index contributed by atoms with van der Waals surface area (Å²) in [5.74, 6) is -2.72. The van der Waals surface area contributed by atoms with E-state index in [2.05, 4.69) is 14.8 Å². The first-order valence-electron chi connectivity index (χ1n) is 9.79. The van der Waals surface area contributed by atoms with E-state index in [0.717, 1.165) is 44.0 Å². The second-order valence-corrected chi connectivity index (χ2v) is 8.76. The summed E-state index contributed by atoms with van der Waals surface area (Å²) >= 11 is 1.69. The van der Waals surface area contributed by atoms with Crippen molar-refractivity contribution in [2.45, 2.75) is 37.2 Å². The monoisotopic (exact) mass is 466 g/mol. The van der Waals surface area contributed by atoms with Gasteiger partial charge in [-0.05, 0) is 19.9 Å². The number of hydroxylamine groups is 2. The van der Waals surface area contributed by atoms with Crippen molar-refractivity contribution in [3.63, 3.8) is 0 Å². The molecule has 9 nitrogen and oxygen atoms in total. The summed E-state index contributed by atoms with van der Waals surface area (Å²) in [5.41, 5.74) is -0.133. The molecule has 174 valence electrons. The summed E-state index contributed by atoms with van der Waals surface area (Å²) in [6.07, 6.45) is -1.20. The molecular weight excluding hydrogens is 441 g/mol. The zero-order valence-electron chi connectivity index (χ0n) is 17.0. The van der Waals surface area contributed by atoms with Gasteiger partial charge in [0.2, 0.25) is 0 Å². The van der Waals surface area contributed by atoms with Gasteiger partial charge in [-0.3, -0.25) is 19.4 Å². The Morgan fingerprint density at radius 3 is 2.55 bits per heavy atom. The first kappa shape index (κ1) is 23.9. The number of carbonyl (C=O) groups excluding carboxylic acids is 1. The summed E-state index contributed by atoms with van der Waals surface area (Å²) in [6, 6.07) is -0.235. The lowest BCUT2D eigenvalue weighted by Crippen LogP contribution is -2.72. The third-order valence-corrected chi connectivity index (χ3v) is 6.02. The molecule has 3 fully saturated rings. The number of carbonyl (C=O) groups is 2. The lowest BCUT2D eigenvalue weighted by Gasteiger charge is -2.55. The second kappa shape index (κ2) is 9.77. The van der Waals surface area contributed by atoms with E-state index in [1.165, 1.54) is 5.06 Å². The van der Waals surface area contributed by atoms with Gasteiger partial charge in [0.25, 0.3) is 5.91 Å². The molecule has 4 heterocycles. The van der Waals surface area contributed by atoms with E-state index in [1.807, 2.05) is 18.6 Å². The highest BCUT2D eigenvalue weighted by Gasteiger charge is 2.50. The van der Waals surface area contributed by atoms with Crippen LogP contribution in [0.5, 0.6) is 0 Å². The largest absolute Gasteiger partial charge is 0.490 e. The van der Waals surface area contributed by atoms with Crippen LogP contribution in [0.15, 0.2) is 11.6 Å². The highest BCUT2D eigenvalue weighted by atomic mass is 32.1. The summed E-state index contributed by atoms with van der Waals surface area (Å²) in [5, 5.41) is 11.8. The highest BCUT2D eigenvalue weighted by molar-refractivity contribution is 7.09. The summed E-state index contributed by atoms with van der Waals surface area (Å²) in [4.78, 5) is 35.8. The van der Waals surface area contributed by atoms with E-state index in [4.69, 9.17) is 19.5 Å². The van der Waals surface area contributed by atoms with Crippen LogP contribution in [-0.2, 0) is 25.7 Å². The molecule has 0 radical (unpaired) electrons. The van der Waals surface area contributed by atoms with Crippen LogP contribution in [0.2, 0.25) is 0 Å². The molecule has 0 bridgehead atoms. The minimum atomic E-state index is -5.08. The number of ether oxygens (including phenoxy) is 1. The summed E-state index contributed by atoms with van der Waals surface area (Å²) in [6.45, 7) is 5.24. The van der Waals surface area contributed by atoms with Gasteiger partial charge in [-0.15, -0.1) is 11.3 Å². The van der Waals surface area contributed by atoms with Gasteiger partial charge in [0, 0.05) is 37.8 Å². The third-order valence-electron chi connectivity index (χ3n) is 5.26.